The van der Waals surface area contributed by atoms with Crippen LogP contribution in [0.4, 0.5) is 0 Å². The number of carbonyl (C=O) groups is 2. The molecular weight excluding hydrogens is 384 g/mol. The highest BCUT2D eigenvalue weighted by Crippen LogP contribution is 2.19. The van der Waals surface area contributed by atoms with Gasteiger partial charge in [0.2, 0.25) is 0 Å². The van der Waals surface area contributed by atoms with E-state index < -0.39 is 0 Å². The molecule has 154 valence electrons. The van der Waals surface area contributed by atoms with E-state index in [4.69, 9.17) is 8.83 Å². The van der Waals surface area contributed by atoms with Gasteiger partial charge in [-0.2, -0.15) is 0 Å². The molecule has 0 aliphatic heterocycles. The summed E-state index contributed by atoms with van der Waals surface area (Å²) in [6.07, 6.45) is 11.5. The van der Waals surface area contributed by atoms with Crippen LogP contribution in [0, 0.1) is 0 Å². The third-order valence-corrected chi connectivity index (χ3v) is 5.47. The number of unbranched alkanes of at least 4 members (excludes halogenated alkanes) is 3. The maximum absolute atomic E-state index is 12.1. The van der Waals surface area contributed by atoms with Crippen LogP contribution in [0.5, 0.6) is 0 Å². The number of hydrogen-bond donors (Lipinski definition) is 0. The monoisotopic (exact) mass is 406 g/mol. The average molecular weight is 406 g/mol. The third-order valence-electron chi connectivity index (χ3n) is 5.47. The molecule has 0 saturated heterocycles. The van der Waals surface area contributed by atoms with Crippen molar-refractivity contribution in [1.29, 1.82) is 0 Å². The fourth-order valence-electron chi connectivity index (χ4n) is 3.82. The van der Waals surface area contributed by atoms with Gasteiger partial charge in [0.1, 0.15) is 11.5 Å². The fourth-order valence-corrected chi connectivity index (χ4v) is 3.82. The molecule has 0 bridgehead atoms. The Morgan fingerprint density at radius 3 is 1.47 bits per heavy atom. The van der Waals surface area contributed by atoms with Crippen LogP contribution < -0.4 is 11.3 Å². The van der Waals surface area contributed by atoms with Crippen molar-refractivity contribution in [3.8, 4) is 0 Å². The van der Waals surface area contributed by atoms with Crippen LogP contribution in [-0.4, -0.2) is 11.6 Å². The Kier molecular flexibility index (Phi) is 5.74. The van der Waals surface area contributed by atoms with Gasteiger partial charge in [0.15, 0.2) is 11.6 Å². The molecular formula is C24H22O6. The van der Waals surface area contributed by atoms with Gasteiger partial charge in [-0.05, 0) is 62.1 Å². The fraction of sp³-hybridized carbons (Fsp3) is 0.333. The van der Waals surface area contributed by atoms with Crippen molar-refractivity contribution in [3.05, 3.63) is 78.9 Å². The zero-order valence-corrected chi connectivity index (χ0v) is 16.6. The molecule has 2 heterocycles. The molecule has 6 nitrogen and oxygen atoms in total. The lowest BCUT2D eigenvalue weighted by Crippen LogP contribution is -2.14. The topological polar surface area (TPSA) is 94.6 Å². The second kappa shape index (κ2) is 8.61. The van der Waals surface area contributed by atoms with Gasteiger partial charge in [-0.25, -0.2) is 9.59 Å². The summed E-state index contributed by atoms with van der Waals surface area (Å²) < 4.78 is 10.6. The van der Waals surface area contributed by atoms with Crippen molar-refractivity contribution < 1.29 is 18.4 Å². The van der Waals surface area contributed by atoms with Crippen LogP contribution in [0.15, 0.2) is 42.7 Å². The summed E-state index contributed by atoms with van der Waals surface area (Å²) in [6, 6.07) is 3.64. The van der Waals surface area contributed by atoms with Gasteiger partial charge in [0.25, 0.3) is 0 Å². The molecule has 0 N–H and O–H groups in total. The van der Waals surface area contributed by atoms with E-state index in [1.54, 1.807) is 12.2 Å². The van der Waals surface area contributed by atoms with E-state index in [0.717, 1.165) is 36.8 Å². The van der Waals surface area contributed by atoms with Crippen molar-refractivity contribution in [2.75, 3.05) is 0 Å². The third kappa shape index (κ3) is 4.48. The van der Waals surface area contributed by atoms with Gasteiger partial charge in [0, 0.05) is 22.3 Å². The summed E-state index contributed by atoms with van der Waals surface area (Å²) in [5.41, 5.74) is 2.14. The summed E-state index contributed by atoms with van der Waals surface area (Å²) in [6.45, 7) is 0. The molecule has 0 spiro atoms. The van der Waals surface area contributed by atoms with Gasteiger partial charge in [0.05, 0.1) is 12.8 Å². The van der Waals surface area contributed by atoms with E-state index in [2.05, 4.69) is 0 Å². The van der Waals surface area contributed by atoms with Crippen LogP contribution >= 0.6 is 0 Å². The van der Waals surface area contributed by atoms with Crippen LogP contribution in [0.1, 0.15) is 59.5 Å². The summed E-state index contributed by atoms with van der Waals surface area (Å²) in [4.78, 5) is 47.0. The second-order valence-electron chi connectivity index (χ2n) is 7.74. The second-order valence-corrected chi connectivity index (χ2v) is 7.74. The lowest BCUT2D eigenvalue weighted by atomic mass is 9.99. The number of allylic oxidation sites excluding steroid dienone is 2. The van der Waals surface area contributed by atoms with Crippen molar-refractivity contribution in [1.82, 2.24) is 0 Å². The molecule has 0 saturated carbocycles. The molecule has 0 atom stereocenters. The Morgan fingerprint density at radius 2 is 1.03 bits per heavy atom. The first kappa shape index (κ1) is 20.0. The SMILES string of the molecule is O=C1C=Cc2cc(CCCCCCc3cc4c(oc3=O)CC(=O)C=C4)c(=O)oc2C1. The molecule has 0 radical (unpaired) electrons. The molecule has 0 unspecified atom stereocenters. The zero-order valence-electron chi connectivity index (χ0n) is 16.6. The molecule has 30 heavy (non-hydrogen) atoms. The lowest BCUT2D eigenvalue weighted by Gasteiger charge is -2.10. The molecule has 4 rings (SSSR count). The molecule has 2 aromatic rings. The first-order valence-corrected chi connectivity index (χ1v) is 10.2. The van der Waals surface area contributed by atoms with Gasteiger partial charge < -0.3 is 8.83 Å². The molecule has 6 heteroatoms. The molecule has 0 fully saturated rings. The van der Waals surface area contributed by atoms with Crippen LogP contribution in [0.3, 0.4) is 0 Å². The van der Waals surface area contributed by atoms with Crippen molar-refractivity contribution in [3.63, 3.8) is 0 Å². The van der Waals surface area contributed by atoms with Gasteiger partial charge in [-0.3, -0.25) is 9.59 Å². The van der Waals surface area contributed by atoms with E-state index in [1.807, 2.05) is 12.1 Å². The van der Waals surface area contributed by atoms with Gasteiger partial charge in [-0.15, -0.1) is 0 Å². The Bertz CT molecular complexity index is 1080. The van der Waals surface area contributed by atoms with Crippen molar-refractivity contribution in [2.45, 2.75) is 51.4 Å². The minimum absolute atomic E-state index is 0.0594. The molecule has 0 aromatic carbocycles. The Labute approximate surface area is 172 Å². The van der Waals surface area contributed by atoms with E-state index in [-0.39, 0.29) is 35.7 Å². The van der Waals surface area contributed by atoms with Crippen molar-refractivity contribution >= 4 is 23.7 Å². The van der Waals surface area contributed by atoms with Gasteiger partial charge in [-0.1, -0.05) is 12.8 Å². The quantitative estimate of drug-likeness (QED) is 0.656. The highest BCUT2D eigenvalue weighted by atomic mass is 16.4. The number of ketones is 2. The number of rotatable bonds is 7. The van der Waals surface area contributed by atoms with Crippen LogP contribution in [0.25, 0.3) is 12.2 Å². The Hall–Kier alpha value is -3.28. The number of fused-ring (bicyclic) bond motifs is 2. The van der Waals surface area contributed by atoms with Gasteiger partial charge >= 0.3 is 11.3 Å². The first-order valence-electron chi connectivity index (χ1n) is 10.2. The first-order chi connectivity index (χ1) is 14.5. The number of carbonyl (C=O) groups excluding carboxylic acids is 2. The maximum Gasteiger partial charge on any atom is 0.339 e. The molecule has 0 amide bonds. The molecule has 2 aromatic heterocycles. The lowest BCUT2D eigenvalue weighted by molar-refractivity contribution is -0.115. The van der Waals surface area contributed by atoms with Crippen LogP contribution in [-0.2, 0) is 35.3 Å². The number of hydrogen-bond acceptors (Lipinski definition) is 6. The summed E-state index contributed by atoms with van der Waals surface area (Å²) in [5, 5.41) is 0. The van der Waals surface area contributed by atoms with E-state index in [9.17, 15) is 19.2 Å². The molecule has 2 aliphatic rings. The Balaban J connectivity index is 1.26. The summed E-state index contributed by atoms with van der Waals surface area (Å²) >= 11 is 0. The standard InChI is InChI=1S/C24H22O6/c25-19-9-7-15-11-17(23(27)29-21(15)13-19)5-3-1-2-4-6-18-12-16-8-10-20(26)14-22(16)30-24(18)28/h7-12H,1-6,13-14H2. The largest absolute Gasteiger partial charge is 0.427 e. The predicted octanol–water partition coefficient (Wildman–Crippen LogP) is 3.22. The highest BCUT2D eigenvalue weighted by Gasteiger charge is 2.17. The van der Waals surface area contributed by atoms with E-state index >= 15 is 0 Å². The minimum Gasteiger partial charge on any atom is -0.427 e. The molecule has 2 aliphatic carbocycles. The van der Waals surface area contributed by atoms with Crippen LogP contribution in [0.2, 0.25) is 0 Å². The normalized spacial score (nSPS) is 14.7. The average Bonchev–Trinajstić information content (AvgIpc) is 2.71. The number of aryl methyl sites for hydroxylation is 2. The minimum atomic E-state index is -0.366. The highest BCUT2D eigenvalue weighted by molar-refractivity contribution is 5.98. The van der Waals surface area contributed by atoms with Crippen molar-refractivity contribution in [2.24, 2.45) is 0 Å². The van der Waals surface area contributed by atoms with E-state index in [1.165, 1.54) is 12.2 Å². The maximum atomic E-state index is 12.1. The predicted molar refractivity (Wildman–Crippen MR) is 111 cm³/mol. The van der Waals surface area contributed by atoms with E-state index in [0.29, 0.717) is 35.5 Å². The smallest absolute Gasteiger partial charge is 0.339 e. The summed E-state index contributed by atoms with van der Waals surface area (Å²) in [5.74, 6) is 0.769. The Morgan fingerprint density at radius 1 is 0.600 bits per heavy atom. The zero-order chi connectivity index (χ0) is 21.1. The summed E-state index contributed by atoms with van der Waals surface area (Å²) in [7, 11) is 0.